The maximum atomic E-state index is 12.4. The van der Waals surface area contributed by atoms with Crippen LogP contribution < -0.4 is 4.74 Å². The van der Waals surface area contributed by atoms with Gasteiger partial charge in [0.2, 0.25) is 0 Å². The predicted octanol–water partition coefficient (Wildman–Crippen LogP) is 4.90. The van der Waals surface area contributed by atoms with Gasteiger partial charge in [-0.3, -0.25) is 4.79 Å². The fraction of sp³-hybridized carbons (Fsp3) is 0.167. The van der Waals surface area contributed by atoms with Gasteiger partial charge in [0, 0.05) is 0 Å². The number of esters is 1. The second kappa shape index (κ2) is 7.04. The fourth-order valence-corrected chi connectivity index (χ4v) is 2.47. The van der Waals surface area contributed by atoms with Gasteiger partial charge in [-0.15, -0.1) is 0 Å². The molecule has 0 aliphatic heterocycles. The minimum Gasteiger partial charge on any atom is -0.421 e. The average Bonchev–Trinajstić information content (AvgIpc) is 2.53. The minimum atomic E-state index is -0.726. The number of nitrogens with zero attached hydrogens (tertiary/aromatic N) is 1. The Hall–Kier alpha value is -2.35. The van der Waals surface area contributed by atoms with Gasteiger partial charge in [0.25, 0.3) is 0 Å². The Morgan fingerprint density at radius 3 is 2.33 bits per heavy atom. The van der Waals surface area contributed by atoms with Crippen LogP contribution in [0.4, 0.5) is 0 Å². The smallest absolute Gasteiger partial charge is 0.343 e. The highest BCUT2D eigenvalue weighted by Gasteiger charge is 2.21. The maximum Gasteiger partial charge on any atom is 0.343 e. The molecule has 0 amide bonds. The molecule has 122 valence electrons. The number of nitriles is 1. The standard InChI is InChI=1S/C18H13Cl2NO3/c1-9-6-13(11(3)22)17(14(8-21)10(9)2)24-18(23)12-4-5-15(19)16(20)7-12/h4-7H,1-3H3. The van der Waals surface area contributed by atoms with E-state index in [1.165, 1.54) is 25.1 Å². The number of hydrogen-bond donors (Lipinski definition) is 0. The second-order valence-corrected chi connectivity index (χ2v) is 6.07. The van der Waals surface area contributed by atoms with Crippen molar-refractivity contribution >= 4 is 35.0 Å². The van der Waals surface area contributed by atoms with Gasteiger partial charge in [-0.1, -0.05) is 23.2 Å². The molecule has 0 heterocycles. The molecule has 0 aliphatic carbocycles. The number of Topliss-reactive ketones (excluding diaryl/α,β-unsaturated/α-hetero) is 1. The van der Waals surface area contributed by atoms with Crippen LogP contribution in [0, 0.1) is 25.2 Å². The number of aryl methyl sites for hydroxylation is 1. The largest absolute Gasteiger partial charge is 0.421 e. The van der Waals surface area contributed by atoms with E-state index in [-0.39, 0.29) is 33.2 Å². The maximum absolute atomic E-state index is 12.4. The molecule has 0 atom stereocenters. The van der Waals surface area contributed by atoms with Crippen LogP contribution >= 0.6 is 23.2 Å². The van der Waals surface area contributed by atoms with Crippen molar-refractivity contribution in [1.82, 2.24) is 0 Å². The number of carbonyl (C=O) groups excluding carboxylic acids is 2. The first kappa shape index (κ1) is 18.0. The van der Waals surface area contributed by atoms with Crippen LogP contribution in [0.2, 0.25) is 10.0 Å². The molecule has 2 aromatic carbocycles. The highest BCUT2D eigenvalue weighted by molar-refractivity contribution is 6.42. The van der Waals surface area contributed by atoms with E-state index in [0.29, 0.717) is 10.6 Å². The zero-order valence-corrected chi connectivity index (χ0v) is 14.7. The second-order valence-electron chi connectivity index (χ2n) is 5.26. The van der Waals surface area contributed by atoms with Crippen LogP contribution in [0.1, 0.15) is 44.3 Å². The van der Waals surface area contributed by atoms with E-state index in [2.05, 4.69) is 0 Å². The molecular weight excluding hydrogens is 349 g/mol. The summed E-state index contributed by atoms with van der Waals surface area (Å²) in [5, 5.41) is 9.92. The molecule has 0 spiro atoms. The Bertz CT molecular complexity index is 898. The number of benzene rings is 2. The van der Waals surface area contributed by atoms with Crippen molar-refractivity contribution in [3.8, 4) is 11.8 Å². The van der Waals surface area contributed by atoms with Crippen molar-refractivity contribution in [3.05, 3.63) is 62.1 Å². The Morgan fingerprint density at radius 2 is 1.79 bits per heavy atom. The number of rotatable bonds is 3. The number of hydrogen-bond acceptors (Lipinski definition) is 4. The third-order valence-electron chi connectivity index (χ3n) is 3.64. The lowest BCUT2D eigenvalue weighted by Gasteiger charge is -2.14. The fourth-order valence-electron chi connectivity index (χ4n) is 2.17. The summed E-state index contributed by atoms with van der Waals surface area (Å²) in [6.45, 7) is 4.86. The molecule has 0 radical (unpaired) electrons. The van der Waals surface area contributed by atoms with Crippen molar-refractivity contribution in [2.45, 2.75) is 20.8 Å². The Balaban J connectivity index is 2.54. The number of carbonyl (C=O) groups is 2. The van der Waals surface area contributed by atoms with Crippen molar-refractivity contribution in [1.29, 1.82) is 5.26 Å². The van der Waals surface area contributed by atoms with E-state index in [4.69, 9.17) is 27.9 Å². The van der Waals surface area contributed by atoms with Gasteiger partial charge in [0.05, 0.1) is 26.7 Å². The first-order chi connectivity index (χ1) is 11.3. The van der Waals surface area contributed by atoms with Gasteiger partial charge in [0.15, 0.2) is 11.5 Å². The average molecular weight is 362 g/mol. The van der Waals surface area contributed by atoms with Crippen LogP contribution in [0.5, 0.6) is 5.75 Å². The van der Waals surface area contributed by atoms with Crippen LogP contribution in [0.3, 0.4) is 0 Å². The summed E-state index contributed by atoms with van der Waals surface area (Å²) in [5.74, 6) is -1.06. The molecule has 0 saturated carbocycles. The summed E-state index contributed by atoms with van der Waals surface area (Å²) in [5.41, 5.74) is 1.93. The van der Waals surface area contributed by atoms with Crippen molar-refractivity contribution in [2.75, 3.05) is 0 Å². The summed E-state index contributed by atoms with van der Waals surface area (Å²) in [7, 11) is 0. The first-order valence-electron chi connectivity index (χ1n) is 6.98. The normalized spacial score (nSPS) is 10.2. The SMILES string of the molecule is CC(=O)c1cc(C)c(C)c(C#N)c1OC(=O)c1ccc(Cl)c(Cl)c1. The van der Waals surface area contributed by atoms with E-state index < -0.39 is 5.97 Å². The molecule has 0 saturated heterocycles. The molecule has 6 heteroatoms. The van der Waals surface area contributed by atoms with E-state index in [9.17, 15) is 14.9 Å². The number of ketones is 1. The van der Waals surface area contributed by atoms with Crippen LogP contribution in [0.15, 0.2) is 24.3 Å². The third kappa shape index (κ3) is 3.43. The highest BCUT2D eigenvalue weighted by atomic mass is 35.5. The molecule has 2 rings (SSSR count). The van der Waals surface area contributed by atoms with E-state index >= 15 is 0 Å². The summed E-state index contributed by atoms with van der Waals surface area (Å²) in [4.78, 5) is 24.2. The van der Waals surface area contributed by atoms with E-state index in [1.54, 1.807) is 19.9 Å². The Labute approximate surface area is 149 Å². The van der Waals surface area contributed by atoms with Gasteiger partial charge in [-0.2, -0.15) is 5.26 Å². The monoisotopic (exact) mass is 361 g/mol. The minimum absolute atomic E-state index is 0.0378. The summed E-state index contributed by atoms with van der Waals surface area (Å²) in [6, 6.07) is 7.90. The number of halogens is 2. The zero-order chi connectivity index (χ0) is 18.0. The summed E-state index contributed by atoms with van der Waals surface area (Å²) >= 11 is 11.7. The molecule has 0 fully saturated rings. The van der Waals surface area contributed by atoms with Gasteiger partial charge in [-0.25, -0.2) is 4.79 Å². The van der Waals surface area contributed by atoms with Crippen LogP contribution in [-0.2, 0) is 0 Å². The predicted molar refractivity (Wildman–Crippen MR) is 92.1 cm³/mol. The first-order valence-corrected chi connectivity index (χ1v) is 7.74. The molecule has 4 nitrogen and oxygen atoms in total. The molecular formula is C18H13Cl2NO3. The molecule has 0 N–H and O–H groups in total. The molecule has 0 aliphatic rings. The molecule has 0 unspecified atom stereocenters. The quantitative estimate of drug-likeness (QED) is 0.442. The van der Waals surface area contributed by atoms with Gasteiger partial charge < -0.3 is 4.74 Å². The lowest BCUT2D eigenvalue weighted by Crippen LogP contribution is -2.13. The molecule has 24 heavy (non-hydrogen) atoms. The lowest BCUT2D eigenvalue weighted by molar-refractivity contribution is 0.0732. The lowest BCUT2D eigenvalue weighted by atomic mass is 9.97. The molecule has 2 aromatic rings. The third-order valence-corrected chi connectivity index (χ3v) is 4.38. The van der Waals surface area contributed by atoms with Crippen LogP contribution in [0.25, 0.3) is 0 Å². The van der Waals surface area contributed by atoms with Gasteiger partial charge in [-0.05, 0) is 56.2 Å². The topological polar surface area (TPSA) is 67.2 Å². The molecule has 0 bridgehead atoms. The summed E-state index contributed by atoms with van der Waals surface area (Å²) in [6.07, 6.45) is 0. The van der Waals surface area contributed by atoms with Crippen molar-refractivity contribution in [2.24, 2.45) is 0 Å². The van der Waals surface area contributed by atoms with Crippen molar-refractivity contribution in [3.63, 3.8) is 0 Å². The Kier molecular flexibility index (Phi) is 5.28. The molecule has 0 aromatic heterocycles. The van der Waals surface area contributed by atoms with Gasteiger partial charge >= 0.3 is 5.97 Å². The number of ether oxygens (including phenoxy) is 1. The highest BCUT2D eigenvalue weighted by Crippen LogP contribution is 2.31. The van der Waals surface area contributed by atoms with E-state index in [1.807, 2.05) is 6.07 Å². The Morgan fingerprint density at radius 1 is 1.12 bits per heavy atom. The van der Waals surface area contributed by atoms with Crippen LogP contribution in [-0.4, -0.2) is 11.8 Å². The zero-order valence-electron chi connectivity index (χ0n) is 13.2. The van der Waals surface area contributed by atoms with Crippen molar-refractivity contribution < 1.29 is 14.3 Å². The van der Waals surface area contributed by atoms with Gasteiger partial charge in [0.1, 0.15) is 6.07 Å². The van der Waals surface area contributed by atoms with E-state index in [0.717, 1.165) is 5.56 Å². The summed E-state index contributed by atoms with van der Waals surface area (Å²) < 4.78 is 5.36.